The SMILES string of the molecule is CCCCCCCCCCCCC(C#N)c1cccc(OCC)c1. The van der Waals surface area contributed by atoms with Crippen LogP contribution in [0.3, 0.4) is 0 Å². The minimum absolute atomic E-state index is 0.000509. The molecule has 0 heterocycles. The number of nitriles is 1. The number of hydrogen-bond donors (Lipinski definition) is 0. The first-order valence-electron chi connectivity index (χ1n) is 9.94. The standard InChI is InChI=1S/C22H35NO/c1-3-5-6-7-8-9-10-11-12-13-15-21(19-23)20-16-14-17-22(18-20)24-4-2/h14,16-18,21H,3-13,15H2,1-2H3. The van der Waals surface area contributed by atoms with E-state index in [9.17, 15) is 5.26 Å². The zero-order chi connectivity index (χ0) is 17.5. The second kappa shape index (κ2) is 13.9. The highest BCUT2D eigenvalue weighted by molar-refractivity contribution is 5.33. The third-order valence-corrected chi connectivity index (χ3v) is 4.57. The van der Waals surface area contributed by atoms with Gasteiger partial charge in [0.2, 0.25) is 0 Å². The lowest BCUT2D eigenvalue weighted by Crippen LogP contribution is -1.98. The zero-order valence-electron chi connectivity index (χ0n) is 15.7. The second-order valence-electron chi connectivity index (χ2n) is 6.66. The van der Waals surface area contributed by atoms with Gasteiger partial charge in [0.1, 0.15) is 5.75 Å². The van der Waals surface area contributed by atoms with E-state index in [1.165, 1.54) is 57.8 Å². The van der Waals surface area contributed by atoms with Crippen molar-refractivity contribution in [3.8, 4) is 11.8 Å². The molecule has 1 aromatic rings. The van der Waals surface area contributed by atoms with Gasteiger partial charge in [-0.05, 0) is 31.0 Å². The molecule has 0 saturated carbocycles. The van der Waals surface area contributed by atoms with Crippen LogP contribution in [-0.2, 0) is 0 Å². The van der Waals surface area contributed by atoms with E-state index in [0.717, 1.165) is 24.2 Å². The summed E-state index contributed by atoms with van der Waals surface area (Å²) in [4.78, 5) is 0. The summed E-state index contributed by atoms with van der Waals surface area (Å²) in [5.41, 5.74) is 1.10. The van der Waals surface area contributed by atoms with Crippen molar-refractivity contribution in [3.63, 3.8) is 0 Å². The molecule has 0 aromatic heterocycles. The molecular weight excluding hydrogens is 294 g/mol. The van der Waals surface area contributed by atoms with E-state index in [1.807, 2.05) is 31.2 Å². The maximum Gasteiger partial charge on any atom is 0.119 e. The minimum Gasteiger partial charge on any atom is -0.494 e. The predicted molar refractivity (Wildman–Crippen MR) is 102 cm³/mol. The fraction of sp³-hybridized carbons (Fsp3) is 0.682. The van der Waals surface area contributed by atoms with E-state index in [2.05, 4.69) is 13.0 Å². The van der Waals surface area contributed by atoms with Crippen molar-refractivity contribution in [3.05, 3.63) is 29.8 Å². The van der Waals surface area contributed by atoms with Gasteiger partial charge in [-0.1, -0.05) is 83.3 Å². The average Bonchev–Trinajstić information content (AvgIpc) is 2.60. The number of hydrogen-bond acceptors (Lipinski definition) is 2. The molecule has 1 unspecified atom stereocenters. The summed E-state index contributed by atoms with van der Waals surface area (Å²) in [6, 6.07) is 10.5. The van der Waals surface area contributed by atoms with Gasteiger partial charge in [0, 0.05) is 0 Å². The van der Waals surface area contributed by atoms with Gasteiger partial charge in [-0.15, -0.1) is 0 Å². The monoisotopic (exact) mass is 329 g/mol. The fourth-order valence-corrected chi connectivity index (χ4v) is 3.13. The molecule has 24 heavy (non-hydrogen) atoms. The summed E-state index contributed by atoms with van der Waals surface area (Å²) in [7, 11) is 0. The van der Waals surface area contributed by atoms with Gasteiger partial charge >= 0.3 is 0 Å². The summed E-state index contributed by atoms with van der Waals surface area (Å²) in [6.45, 7) is 4.92. The Balaban J connectivity index is 2.16. The molecule has 1 atom stereocenters. The van der Waals surface area contributed by atoms with Crippen molar-refractivity contribution in [1.82, 2.24) is 0 Å². The smallest absolute Gasteiger partial charge is 0.119 e. The highest BCUT2D eigenvalue weighted by Crippen LogP contribution is 2.25. The summed E-state index contributed by atoms with van der Waals surface area (Å²) in [5, 5.41) is 9.45. The first-order chi connectivity index (χ1) is 11.8. The first-order valence-corrected chi connectivity index (χ1v) is 9.94. The Kier molecular flexibility index (Phi) is 11.9. The Labute approximate surface area is 149 Å². The lowest BCUT2D eigenvalue weighted by molar-refractivity contribution is 0.339. The van der Waals surface area contributed by atoms with Crippen LogP contribution in [0.4, 0.5) is 0 Å². The quantitative estimate of drug-likeness (QED) is 0.344. The molecule has 0 fully saturated rings. The fourth-order valence-electron chi connectivity index (χ4n) is 3.13. The van der Waals surface area contributed by atoms with Crippen molar-refractivity contribution >= 4 is 0 Å². The summed E-state index contributed by atoms with van der Waals surface area (Å²) >= 11 is 0. The maximum absolute atomic E-state index is 9.45. The van der Waals surface area contributed by atoms with E-state index >= 15 is 0 Å². The predicted octanol–water partition coefficient (Wildman–Crippen LogP) is 7.00. The van der Waals surface area contributed by atoms with Gasteiger partial charge in [0.05, 0.1) is 18.6 Å². The first kappa shape index (κ1) is 20.6. The normalized spacial score (nSPS) is 11.9. The largest absolute Gasteiger partial charge is 0.494 e. The molecule has 0 radical (unpaired) electrons. The van der Waals surface area contributed by atoms with E-state index in [4.69, 9.17) is 4.74 Å². The summed E-state index contributed by atoms with van der Waals surface area (Å²) in [6.07, 6.45) is 14.3. The highest BCUT2D eigenvalue weighted by atomic mass is 16.5. The number of ether oxygens (including phenoxy) is 1. The molecule has 1 rings (SSSR count). The van der Waals surface area contributed by atoms with Gasteiger partial charge in [-0.2, -0.15) is 5.26 Å². The molecule has 0 amide bonds. The van der Waals surface area contributed by atoms with E-state index in [1.54, 1.807) is 0 Å². The van der Waals surface area contributed by atoms with E-state index in [0.29, 0.717) is 6.61 Å². The molecule has 0 N–H and O–H groups in total. The lowest BCUT2D eigenvalue weighted by atomic mass is 9.94. The van der Waals surface area contributed by atoms with Crippen LogP contribution in [0.25, 0.3) is 0 Å². The molecule has 0 saturated heterocycles. The Hall–Kier alpha value is -1.49. The summed E-state index contributed by atoms with van der Waals surface area (Å²) < 4.78 is 5.54. The Bertz CT molecular complexity index is 463. The number of unbranched alkanes of at least 4 members (excludes halogenated alkanes) is 9. The Morgan fingerprint density at radius 1 is 0.917 bits per heavy atom. The van der Waals surface area contributed by atoms with Crippen LogP contribution in [0.15, 0.2) is 24.3 Å². The zero-order valence-corrected chi connectivity index (χ0v) is 15.7. The Morgan fingerprint density at radius 3 is 2.12 bits per heavy atom. The minimum atomic E-state index is -0.000509. The molecule has 2 heteroatoms. The molecular formula is C22H35NO. The van der Waals surface area contributed by atoms with Crippen molar-refractivity contribution < 1.29 is 4.74 Å². The lowest BCUT2D eigenvalue weighted by Gasteiger charge is -2.11. The molecule has 0 spiro atoms. The third kappa shape index (κ3) is 8.96. The van der Waals surface area contributed by atoms with E-state index < -0.39 is 0 Å². The van der Waals surface area contributed by atoms with Crippen LogP contribution in [0, 0.1) is 11.3 Å². The molecule has 0 bridgehead atoms. The van der Waals surface area contributed by atoms with Crippen LogP contribution in [0.2, 0.25) is 0 Å². The van der Waals surface area contributed by atoms with Gasteiger partial charge in [-0.25, -0.2) is 0 Å². The number of nitrogens with zero attached hydrogens (tertiary/aromatic N) is 1. The van der Waals surface area contributed by atoms with Gasteiger partial charge < -0.3 is 4.74 Å². The second-order valence-corrected chi connectivity index (χ2v) is 6.66. The van der Waals surface area contributed by atoms with Crippen molar-refractivity contribution in [2.75, 3.05) is 6.61 Å². The van der Waals surface area contributed by atoms with Crippen molar-refractivity contribution in [2.45, 2.75) is 90.4 Å². The van der Waals surface area contributed by atoms with Crippen LogP contribution in [-0.4, -0.2) is 6.61 Å². The van der Waals surface area contributed by atoms with Crippen molar-refractivity contribution in [2.24, 2.45) is 0 Å². The van der Waals surface area contributed by atoms with Crippen molar-refractivity contribution in [1.29, 1.82) is 5.26 Å². The van der Waals surface area contributed by atoms with Crippen LogP contribution in [0.1, 0.15) is 96.0 Å². The van der Waals surface area contributed by atoms with Gasteiger partial charge in [0.25, 0.3) is 0 Å². The summed E-state index contributed by atoms with van der Waals surface area (Å²) in [5.74, 6) is 0.873. The maximum atomic E-state index is 9.45. The molecule has 0 aliphatic heterocycles. The molecule has 2 nitrogen and oxygen atoms in total. The van der Waals surface area contributed by atoms with Crippen LogP contribution >= 0.6 is 0 Å². The number of benzene rings is 1. The topological polar surface area (TPSA) is 33.0 Å². The molecule has 1 aromatic carbocycles. The molecule has 134 valence electrons. The third-order valence-electron chi connectivity index (χ3n) is 4.57. The highest BCUT2D eigenvalue weighted by Gasteiger charge is 2.11. The molecule has 0 aliphatic carbocycles. The Morgan fingerprint density at radius 2 is 1.54 bits per heavy atom. The van der Waals surface area contributed by atoms with E-state index in [-0.39, 0.29) is 5.92 Å². The van der Waals surface area contributed by atoms with Gasteiger partial charge in [-0.3, -0.25) is 0 Å². The van der Waals surface area contributed by atoms with Crippen LogP contribution in [0.5, 0.6) is 5.75 Å². The average molecular weight is 330 g/mol. The number of rotatable bonds is 14. The van der Waals surface area contributed by atoms with Crippen LogP contribution < -0.4 is 4.74 Å². The van der Waals surface area contributed by atoms with Gasteiger partial charge in [0.15, 0.2) is 0 Å². The molecule has 0 aliphatic rings.